The number of hydrogen-bond acceptors (Lipinski definition) is 5. The van der Waals surface area contributed by atoms with E-state index < -0.39 is 0 Å². The van der Waals surface area contributed by atoms with Crippen molar-refractivity contribution in [1.82, 2.24) is 19.7 Å². The molecule has 0 spiro atoms. The first-order chi connectivity index (χ1) is 10.8. The number of fused-ring (bicyclic) bond motifs is 2. The van der Waals surface area contributed by atoms with Gasteiger partial charge in [0.05, 0.1) is 0 Å². The molecule has 2 aliphatic carbocycles. The molecule has 2 aromatic rings. The number of nitrogens with zero attached hydrogens (tertiary/aromatic N) is 4. The largest absolute Gasteiger partial charge is 0.441 e. The highest BCUT2D eigenvalue weighted by Crippen LogP contribution is 2.38. The Balaban J connectivity index is 1.73. The first-order valence-electron chi connectivity index (χ1n) is 7.47. The van der Waals surface area contributed by atoms with Crippen molar-refractivity contribution in [3.05, 3.63) is 42.5 Å². The van der Waals surface area contributed by atoms with E-state index in [1.807, 2.05) is 6.92 Å². The summed E-state index contributed by atoms with van der Waals surface area (Å²) in [5.74, 6) is 2.57. The quantitative estimate of drug-likeness (QED) is 0.941. The number of rotatable bonds is 3. The number of hydrogen-bond donors (Lipinski definition) is 1. The van der Waals surface area contributed by atoms with Crippen LogP contribution in [0, 0.1) is 11.8 Å². The lowest BCUT2D eigenvalue weighted by atomic mass is 9.91. The summed E-state index contributed by atoms with van der Waals surface area (Å²) in [6, 6.07) is 0. The number of allylic oxidation sites excluding steroid dienone is 5. The zero-order valence-corrected chi connectivity index (χ0v) is 12.3. The summed E-state index contributed by atoms with van der Waals surface area (Å²) < 4.78 is 7.89. The molecule has 0 bridgehead atoms. The predicted molar refractivity (Wildman–Crippen MR) is 84.0 cm³/mol. The van der Waals surface area contributed by atoms with Crippen molar-refractivity contribution in [2.24, 2.45) is 11.8 Å². The highest BCUT2D eigenvalue weighted by Gasteiger charge is 2.30. The van der Waals surface area contributed by atoms with E-state index in [1.54, 1.807) is 4.68 Å². The Morgan fingerprint density at radius 1 is 1.32 bits per heavy atom. The highest BCUT2D eigenvalue weighted by atomic mass is 16.5. The zero-order valence-electron chi connectivity index (χ0n) is 12.3. The molecule has 6 nitrogen and oxygen atoms in total. The van der Waals surface area contributed by atoms with E-state index in [-0.39, 0.29) is 5.92 Å². The second kappa shape index (κ2) is 4.98. The molecular formula is C16H17N5O. The molecular weight excluding hydrogens is 278 g/mol. The summed E-state index contributed by atoms with van der Waals surface area (Å²) in [7, 11) is 0. The minimum absolute atomic E-state index is 0.276. The molecule has 0 amide bonds. The summed E-state index contributed by atoms with van der Waals surface area (Å²) in [5, 5.41) is 5.18. The fourth-order valence-electron chi connectivity index (χ4n) is 3.08. The Hall–Kier alpha value is -2.63. The van der Waals surface area contributed by atoms with Crippen LogP contribution < -0.4 is 10.5 Å². The lowest BCUT2D eigenvalue weighted by Crippen LogP contribution is -2.12. The molecule has 0 saturated carbocycles. The monoisotopic (exact) mass is 295 g/mol. The van der Waals surface area contributed by atoms with E-state index in [9.17, 15) is 0 Å². The van der Waals surface area contributed by atoms with Gasteiger partial charge in [-0.2, -0.15) is 0 Å². The van der Waals surface area contributed by atoms with Crippen molar-refractivity contribution in [3.63, 3.8) is 0 Å². The maximum absolute atomic E-state index is 6.11. The van der Waals surface area contributed by atoms with Crippen molar-refractivity contribution >= 4 is 16.9 Å². The van der Waals surface area contributed by atoms with Crippen LogP contribution in [-0.2, 0) is 6.54 Å². The first kappa shape index (κ1) is 13.1. The predicted octanol–water partition coefficient (Wildman–Crippen LogP) is 2.45. The van der Waals surface area contributed by atoms with Crippen molar-refractivity contribution < 1.29 is 4.74 Å². The normalized spacial score (nSPS) is 22.9. The van der Waals surface area contributed by atoms with Gasteiger partial charge in [0.15, 0.2) is 5.65 Å². The van der Waals surface area contributed by atoms with Gasteiger partial charge < -0.3 is 10.5 Å². The molecule has 2 aliphatic rings. The van der Waals surface area contributed by atoms with E-state index in [2.05, 4.69) is 45.4 Å². The smallest absolute Gasteiger partial charge is 0.251 e. The third kappa shape index (κ3) is 1.91. The first-order valence-corrected chi connectivity index (χ1v) is 7.47. The summed E-state index contributed by atoms with van der Waals surface area (Å²) in [5.41, 5.74) is 6.71. The molecule has 6 heteroatoms. The van der Waals surface area contributed by atoms with Crippen LogP contribution in [0.4, 0.5) is 5.82 Å². The summed E-state index contributed by atoms with van der Waals surface area (Å²) in [4.78, 5) is 8.33. The number of aromatic nitrogens is 4. The Morgan fingerprint density at radius 2 is 2.18 bits per heavy atom. The van der Waals surface area contributed by atoms with Crippen molar-refractivity contribution in [2.45, 2.75) is 19.9 Å². The molecule has 0 aromatic carbocycles. The number of nitrogens with two attached hydrogens (primary N) is 1. The molecule has 0 aliphatic heterocycles. The second-order valence-electron chi connectivity index (χ2n) is 5.48. The molecule has 2 N–H and O–H groups in total. The van der Waals surface area contributed by atoms with Gasteiger partial charge in [-0.05, 0) is 25.3 Å². The number of aryl methyl sites for hydroxylation is 1. The second-order valence-corrected chi connectivity index (χ2v) is 5.48. The zero-order chi connectivity index (χ0) is 15.1. The van der Waals surface area contributed by atoms with Crippen molar-refractivity contribution in [2.75, 3.05) is 5.73 Å². The summed E-state index contributed by atoms with van der Waals surface area (Å²) in [6.45, 7) is 2.71. The fourth-order valence-corrected chi connectivity index (χ4v) is 3.08. The number of nitrogen functional groups attached to an aromatic ring is 1. The molecule has 0 fully saturated rings. The minimum atomic E-state index is 0.276. The van der Waals surface area contributed by atoms with Gasteiger partial charge in [-0.25, -0.2) is 14.6 Å². The van der Waals surface area contributed by atoms with Gasteiger partial charge in [0, 0.05) is 12.5 Å². The topological polar surface area (TPSA) is 78.9 Å². The van der Waals surface area contributed by atoms with E-state index in [1.165, 1.54) is 6.33 Å². The third-order valence-electron chi connectivity index (χ3n) is 4.21. The Labute approximate surface area is 128 Å². The molecule has 4 rings (SSSR count). The average molecular weight is 295 g/mol. The standard InChI is InChI=1S/C16H17N5O/c1-2-21-15-13(14(17)18-9-19-15)16(20-21)22-12-8-7-10-5-3-4-6-11(10)12/h3-6,8-11H,2,7H2,1H3,(H2,17,18,19). The average Bonchev–Trinajstić information content (AvgIpc) is 3.11. The Kier molecular flexibility index (Phi) is 2.96. The maximum atomic E-state index is 6.11. The Morgan fingerprint density at radius 3 is 3.05 bits per heavy atom. The SMILES string of the molecule is CCn1nc(OC2=CCC3C=CC=CC23)c2c(N)ncnc21. The molecule has 2 heterocycles. The lowest BCUT2D eigenvalue weighted by Gasteiger charge is -2.18. The molecule has 2 atom stereocenters. The molecule has 22 heavy (non-hydrogen) atoms. The molecule has 0 radical (unpaired) electrons. The van der Waals surface area contributed by atoms with E-state index >= 15 is 0 Å². The Bertz CT molecular complexity index is 817. The molecule has 2 aromatic heterocycles. The number of anilines is 1. The lowest BCUT2D eigenvalue weighted by molar-refractivity contribution is 0.348. The van der Waals surface area contributed by atoms with Crippen molar-refractivity contribution in [1.29, 1.82) is 0 Å². The van der Waals surface area contributed by atoms with Crippen LogP contribution in [-0.4, -0.2) is 19.7 Å². The van der Waals surface area contributed by atoms with Crippen LogP contribution in [0.2, 0.25) is 0 Å². The van der Waals surface area contributed by atoms with Gasteiger partial charge in [0.25, 0.3) is 5.88 Å². The van der Waals surface area contributed by atoms with Crippen LogP contribution in [0.1, 0.15) is 13.3 Å². The van der Waals surface area contributed by atoms with Crippen LogP contribution in [0.5, 0.6) is 5.88 Å². The minimum Gasteiger partial charge on any atom is -0.441 e. The van der Waals surface area contributed by atoms with Crippen LogP contribution in [0.25, 0.3) is 11.0 Å². The van der Waals surface area contributed by atoms with Crippen LogP contribution >= 0.6 is 0 Å². The molecule has 2 unspecified atom stereocenters. The summed E-state index contributed by atoms with van der Waals surface area (Å²) >= 11 is 0. The van der Waals surface area contributed by atoms with E-state index in [4.69, 9.17) is 10.5 Å². The highest BCUT2D eigenvalue weighted by molar-refractivity contribution is 5.90. The maximum Gasteiger partial charge on any atom is 0.251 e. The summed E-state index contributed by atoms with van der Waals surface area (Å²) in [6.07, 6.45) is 13.1. The third-order valence-corrected chi connectivity index (χ3v) is 4.21. The van der Waals surface area contributed by atoms with Gasteiger partial charge in [0.2, 0.25) is 0 Å². The fraction of sp³-hybridized carbons (Fsp3) is 0.312. The van der Waals surface area contributed by atoms with Crippen LogP contribution in [0.15, 0.2) is 42.5 Å². The van der Waals surface area contributed by atoms with Crippen molar-refractivity contribution in [3.8, 4) is 5.88 Å². The molecule has 112 valence electrons. The van der Waals surface area contributed by atoms with Gasteiger partial charge >= 0.3 is 0 Å². The van der Waals surface area contributed by atoms with E-state index in [0.29, 0.717) is 35.2 Å². The van der Waals surface area contributed by atoms with Crippen LogP contribution in [0.3, 0.4) is 0 Å². The van der Waals surface area contributed by atoms with Gasteiger partial charge in [-0.15, -0.1) is 5.10 Å². The van der Waals surface area contributed by atoms with Gasteiger partial charge in [0.1, 0.15) is 23.3 Å². The van der Waals surface area contributed by atoms with Gasteiger partial charge in [-0.3, -0.25) is 0 Å². The molecule has 0 saturated heterocycles. The van der Waals surface area contributed by atoms with E-state index in [0.717, 1.165) is 12.2 Å². The number of ether oxygens (including phenoxy) is 1. The van der Waals surface area contributed by atoms with Gasteiger partial charge in [-0.1, -0.05) is 24.3 Å².